The van der Waals surface area contributed by atoms with Gasteiger partial charge in [-0.3, -0.25) is 14.6 Å². The maximum Gasteiger partial charge on any atom is 0.226 e. The number of hydrogen-bond acceptors (Lipinski definition) is 4. The highest BCUT2D eigenvalue weighted by molar-refractivity contribution is 6.30. The van der Waals surface area contributed by atoms with Crippen molar-refractivity contribution in [3.63, 3.8) is 0 Å². The van der Waals surface area contributed by atoms with Crippen LogP contribution >= 0.6 is 11.6 Å². The second kappa shape index (κ2) is 10.1. The standard InChI is InChI=1S/C24H32ClN3O3/c1-2-4-18-11-19(13-28(24(18)30)21-14-31-15-21)23(29)27-22-8-7-17(12-26-22)9-16-5-3-6-20(25)10-16/h3,5-6,10,12,17-19,21-22H,2,4,7-9,11,13-15H2,1H3,(H,27,29). The largest absolute Gasteiger partial charge is 0.377 e. The van der Waals surface area contributed by atoms with Gasteiger partial charge in [-0.15, -0.1) is 0 Å². The minimum Gasteiger partial charge on any atom is -0.377 e. The monoisotopic (exact) mass is 445 g/mol. The first-order valence-electron chi connectivity index (χ1n) is 11.5. The van der Waals surface area contributed by atoms with Crippen molar-refractivity contribution in [3.8, 4) is 0 Å². The van der Waals surface area contributed by atoms with Crippen LogP contribution in [0.25, 0.3) is 0 Å². The van der Waals surface area contributed by atoms with Crippen LogP contribution in [0.4, 0.5) is 0 Å². The molecule has 0 radical (unpaired) electrons. The first kappa shape index (κ1) is 22.3. The molecule has 2 saturated heterocycles. The van der Waals surface area contributed by atoms with Gasteiger partial charge in [0.05, 0.1) is 25.2 Å². The summed E-state index contributed by atoms with van der Waals surface area (Å²) < 4.78 is 5.29. The van der Waals surface area contributed by atoms with E-state index in [-0.39, 0.29) is 35.9 Å². The Hall–Kier alpha value is -1.92. The van der Waals surface area contributed by atoms with Gasteiger partial charge in [-0.2, -0.15) is 0 Å². The molecule has 0 bridgehead atoms. The van der Waals surface area contributed by atoms with Gasteiger partial charge in [0, 0.05) is 23.7 Å². The van der Waals surface area contributed by atoms with Crippen molar-refractivity contribution in [1.29, 1.82) is 0 Å². The van der Waals surface area contributed by atoms with Crippen LogP contribution in [0.3, 0.4) is 0 Å². The number of benzene rings is 1. The Morgan fingerprint density at radius 1 is 1.32 bits per heavy atom. The predicted molar refractivity (Wildman–Crippen MR) is 121 cm³/mol. The third-order valence-corrected chi connectivity index (χ3v) is 6.91. The average Bonchev–Trinajstić information content (AvgIpc) is 2.71. The lowest BCUT2D eigenvalue weighted by molar-refractivity contribution is -0.158. The van der Waals surface area contributed by atoms with Crippen LogP contribution in [0.5, 0.6) is 0 Å². The van der Waals surface area contributed by atoms with E-state index in [2.05, 4.69) is 23.3 Å². The zero-order valence-electron chi connectivity index (χ0n) is 18.1. The van der Waals surface area contributed by atoms with Gasteiger partial charge in [0.2, 0.25) is 11.8 Å². The van der Waals surface area contributed by atoms with Crippen molar-refractivity contribution in [1.82, 2.24) is 10.2 Å². The fourth-order valence-electron chi connectivity index (χ4n) is 4.85. The minimum absolute atomic E-state index is 0.0225. The highest BCUT2D eigenvalue weighted by Crippen LogP contribution is 2.30. The molecule has 2 fully saturated rings. The van der Waals surface area contributed by atoms with E-state index >= 15 is 0 Å². The first-order chi connectivity index (χ1) is 15.0. The van der Waals surface area contributed by atoms with Gasteiger partial charge in [-0.05, 0) is 55.7 Å². The first-order valence-corrected chi connectivity index (χ1v) is 11.9. The predicted octanol–water partition coefficient (Wildman–Crippen LogP) is 3.47. The Bertz CT molecular complexity index is 826. The number of rotatable bonds is 7. The SMILES string of the molecule is CCCC1CC(C(=O)NC2CCC(Cc3cccc(Cl)c3)C=N2)CN(C2COC2)C1=O. The topological polar surface area (TPSA) is 71.0 Å². The summed E-state index contributed by atoms with van der Waals surface area (Å²) in [5.41, 5.74) is 1.21. The van der Waals surface area contributed by atoms with Gasteiger partial charge in [-0.25, -0.2) is 0 Å². The molecule has 2 amide bonds. The molecule has 3 aliphatic heterocycles. The van der Waals surface area contributed by atoms with Crippen molar-refractivity contribution in [2.45, 2.75) is 57.7 Å². The van der Waals surface area contributed by atoms with Crippen LogP contribution in [0.15, 0.2) is 29.3 Å². The van der Waals surface area contributed by atoms with Crippen molar-refractivity contribution in [2.24, 2.45) is 22.7 Å². The quantitative estimate of drug-likeness (QED) is 0.698. The maximum atomic E-state index is 13.0. The number of halogens is 1. The van der Waals surface area contributed by atoms with E-state index in [1.54, 1.807) is 0 Å². The molecule has 3 aliphatic rings. The third-order valence-electron chi connectivity index (χ3n) is 6.67. The Balaban J connectivity index is 1.32. The van der Waals surface area contributed by atoms with E-state index in [0.717, 1.165) is 37.1 Å². The Morgan fingerprint density at radius 3 is 2.81 bits per heavy atom. The molecule has 4 atom stereocenters. The highest BCUT2D eigenvalue weighted by atomic mass is 35.5. The molecule has 0 aliphatic carbocycles. The molecule has 0 saturated carbocycles. The second-order valence-corrected chi connectivity index (χ2v) is 9.53. The number of nitrogens with zero attached hydrogens (tertiary/aromatic N) is 2. The molecule has 31 heavy (non-hydrogen) atoms. The summed E-state index contributed by atoms with van der Waals surface area (Å²) >= 11 is 6.09. The number of ether oxygens (including phenoxy) is 1. The number of amides is 2. The van der Waals surface area contributed by atoms with Crippen LogP contribution in [0, 0.1) is 17.8 Å². The lowest BCUT2D eigenvalue weighted by atomic mass is 9.84. The Labute approximate surface area is 189 Å². The number of aliphatic imine (C=N–C) groups is 1. The van der Waals surface area contributed by atoms with Crippen LogP contribution < -0.4 is 5.32 Å². The fraction of sp³-hybridized carbons (Fsp3) is 0.625. The summed E-state index contributed by atoms with van der Waals surface area (Å²) in [5.74, 6) is 0.344. The number of likely N-dealkylation sites (tertiary alicyclic amines) is 1. The lowest BCUT2D eigenvalue weighted by Gasteiger charge is -2.44. The van der Waals surface area contributed by atoms with E-state index in [0.29, 0.717) is 32.1 Å². The molecular weight excluding hydrogens is 414 g/mol. The number of carbonyl (C=O) groups excluding carboxylic acids is 2. The van der Waals surface area contributed by atoms with E-state index in [1.165, 1.54) is 5.56 Å². The smallest absolute Gasteiger partial charge is 0.226 e. The zero-order chi connectivity index (χ0) is 21.8. The molecule has 7 heteroatoms. The van der Waals surface area contributed by atoms with Crippen molar-refractivity contribution in [3.05, 3.63) is 34.9 Å². The summed E-state index contributed by atoms with van der Waals surface area (Å²) in [5, 5.41) is 3.88. The second-order valence-electron chi connectivity index (χ2n) is 9.09. The molecule has 4 unspecified atom stereocenters. The summed E-state index contributed by atoms with van der Waals surface area (Å²) in [7, 11) is 0. The summed E-state index contributed by atoms with van der Waals surface area (Å²) in [4.78, 5) is 32.4. The third kappa shape index (κ3) is 5.47. The molecule has 168 valence electrons. The van der Waals surface area contributed by atoms with Crippen LogP contribution in [-0.2, 0) is 20.7 Å². The van der Waals surface area contributed by atoms with Gasteiger partial charge in [0.25, 0.3) is 0 Å². The van der Waals surface area contributed by atoms with E-state index in [9.17, 15) is 9.59 Å². The van der Waals surface area contributed by atoms with Crippen LogP contribution in [0.1, 0.15) is 44.6 Å². The molecule has 4 rings (SSSR count). The molecule has 1 aromatic carbocycles. The maximum absolute atomic E-state index is 13.0. The van der Waals surface area contributed by atoms with Crippen molar-refractivity contribution >= 4 is 29.6 Å². The lowest BCUT2D eigenvalue weighted by Crippen LogP contribution is -2.59. The van der Waals surface area contributed by atoms with Crippen LogP contribution in [-0.4, -0.2) is 54.9 Å². The highest BCUT2D eigenvalue weighted by Gasteiger charge is 2.42. The summed E-state index contributed by atoms with van der Waals surface area (Å²) in [6, 6.07) is 8.07. The van der Waals surface area contributed by atoms with Crippen molar-refractivity contribution in [2.75, 3.05) is 19.8 Å². The van der Waals surface area contributed by atoms with Gasteiger partial charge in [-0.1, -0.05) is 37.1 Å². The normalized spacial score (nSPS) is 29.0. The summed E-state index contributed by atoms with van der Waals surface area (Å²) in [6.45, 7) is 3.75. The van der Waals surface area contributed by atoms with Gasteiger partial charge >= 0.3 is 0 Å². The number of nitrogens with one attached hydrogen (secondary N) is 1. The molecule has 6 nitrogen and oxygen atoms in total. The Morgan fingerprint density at radius 2 is 2.16 bits per heavy atom. The molecule has 1 N–H and O–H groups in total. The average molecular weight is 446 g/mol. The fourth-order valence-corrected chi connectivity index (χ4v) is 5.07. The molecule has 0 spiro atoms. The van der Waals surface area contributed by atoms with Gasteiger partial charge in [0.1, 0.15) is 6.17 Å². The van der Waals surface area contributed by atoms with E-state index in [1.807, 2.05) is 29.3 Å². The summed E-state index contributed by atoms with van der Waals surface area (Å²) in [6.07, 6.45) is 6.94. The number of piperidine rings is 1. The molecule has 3 heterocycles. The molecule has 0 aromatic heterocycles. The minimum atomic E-state index is -0.175. The number of carbonyl (C=O) groups is 2. The molecular formula is C24H32ClN3O3. The molecule has 1 aromatic rings. The van der Waals surface area contributed by atoms with E-state index in [4.69, 9.17) is 16.3 Å². The van der Waals surface area contributed by atoms with E-state index < -0.39 is 0 Å². The zero-order valence-corrected chi connectivity index (χ0v) is 18.9. The number of hydrogen-bond donors (Lipinski definition) is 1. The van der Waals surface area contributed by atoms with Crippen molar-refractivity contribution < 1.29 is 14.3 Å². The van der Waals surface area contributed by atoms with Gasteiger partial charge < -0.3 is 15.0 Å². The van der Waals surface area contributed by atoms with Crippen LogP contribution in [0.2, 0.25) is 5.02 Å². The van der Waals surface area contributed by atoms with Gasteiger partial charge in [0.15, 0.2) is 0 Å². The Kier molecular flexibility index (Phi) is 7.28.